The van der Waals surface area contributed by atoms with Crippen molar-refractivity contribution in [2.75, 3.05) is 0 Å². The van der Waals surface area contributed by atoms with Crippen molar-refractivity contribution in [3.8, 4) is 0 Å². The van der Waals surface area contributed by atoms with Gasteiger partial charge in [0.2, 0.25) is 0 Å². The zero-order chi connectivity index (χ0) is 7.61. The highest BCUT2D eigenvalue weighted by Gasteiger charge is 2.34. The van der Waals surface area contributed by atoms with Crippen molar-refractivity contribution >= 4 is 0 Å². The van der Waals surface area contributed by atoms with Crippen molar-refractivity contribution in [2.45, 2.75) is 52.0 Å². The minimum Gasteiger partial charge on any atom is -0.327 e. The summed E-state index contributed by atoms with van der Waals surface area (Å²) in [6, 6.07) is 0.403. The molecule has 1 aliphatic carbocycles. The van der Waals surface area contributed by atoms with Crippen LogP contribution in [0.15, 0.2) is 0 Å². The monoisotopic (exact) mass is 141 g/mol. The van der Waals surface area contributed by atoms with Gasteiger partial charge in [-0.25, -0.2) is 0 Å². The molecule has 0 spiro atoms. The lowest BCUT2D eigenvalue weighted by Crippen LogP contribution is -2.36. The fourth-order valence-corrected chi connectivity index (χ4v) is 2.21. The van der Waals surface area contributed by atoms with Gasteiger partial charge in [-0.3, -0.25) is 0 Å². The molecule has 0 radical (unpaired) electrons. The zero-order valence-corrected chi connectivity index (χ0v) is 7.19. The molecule has 1 unspecified atom stereocenters. The fourth-order valence-electron chi connectivity index (χ4n) is 2.21. The van der Waals surface area contributed by atoms with Gasteiger partial charge in [-0.2, -0.15) is 0 Å². The first-order valence-corrected chi connectivity index (χ1v) is 4.47. The third kappa shape index (κ3) is 1.20. The van der Waals surface area contributed by atoms with E-state index >= 15 is 0 Å². The predicted molar refractivity (Wildman–Crippen MR) is 44.8 cm³/mol. The first-order valence-electron chi connectivity index (χ1n) is 4.47. The van der Waals surface area contributed by atoms with Crippen molar-refractivity contribution < 1.29 is 0 Å². The molecule has 1 atom stereocenters. The van der Waals surface area contributed by atoms with E-state index in [9.17, 15) is 0 Å². The second-order valence-electron chi connectivity index (χ2n) is 3.71. The summed E-state index contributed by atoms with van der Waals surface area (Å²) in [6.07, 6.45) is 6.79. The molecule has 2 N–H and O–H groups in total. The Kier molecular flexibility index (Phi) is 2.35. The number of nitrogens with two attached hydrogens (primary N) is 1. The summed E-state index contributed by atoms with van der Waals surface area (Å²) in [4.78, 5) is 0. The topological polar surface area (TPSA) is 26.0 Å². The van der Waals surface area contributed by atoms with Gasteiger partial charge in [0.15, 0.2) is 0 Å². The molecule has 1 fully saturated rings. The molecule has 0 aromatic carbocycles. The Morgan fingerprint density at radius 2 is 1.90 bits per heavy atom. The summed E-state index contributed by atoms with van der Waals surface area (Å²) >= 11 is 0. The Morgan fingerprint density at radius 3 is 2.10 bits per heavy atom. The van der Waals surface area contributed by atoms with Gasteiger partial charge in [0.05, 0.1) is 0 Å². The van der Waals surface area contributed by atoms with Crippen LogP contribution < -0.4 is 5.73 Å². The summed E-state index contributed by atoms with van der Waals surface area (Å²) in [5, 5.41) is 0. The second-order valence-corrected chi connectivity index (χ2v) is 3.71. The van der Waals surface area contributed by atoms with Crippen LogP contribution in [-0.2, 0) is 0 Å². The molecule has 60 valence electrons. The maximum Gasteiger partial charge on any atom is 0.00669 e. The molecular weight excluding hydrogens is 122 g/mol. The highest BCUT2D eigenvalue weighted by atomic mass is 14.7. The lowest BCUT2D eigenvalue weighted by Gasteiger charge is -2.31. The average molecular weight is 141 g/mol. The van der Waals surface area contributed by atoms with E-state index in [0.29, 0.717) is 11.5 Å². The maximum absolute atomic E-state index is 5.94. The zero-order valence-electron chi connectivity index (χ0n) is 7.19. The average Bonchev–Trinajstić information content (AvgIpc) is 2.35. The largest absolute Gasteiger partial charge is 0.327 e. The Hall–Kier alpha value is -0.0400. The second kappa shape index (κ2) is 2.91. The Labute approximate surface area is 64.0 Å². The van der Waals surface area contributed by atoms with E-state index in [-0.39, 0.29) is 0 Å². The SMILES string of the molecule is CCC1(C(C)N)CCCC1. The fraction of sp³-hybridized carbons (Fsp3) is 1.00. The summed E-state index contributed by atoms with van der Waals surface area (Å²) in [6.45, 7) is 4.43. The molecule has 1 saturated carbocycles. The molecule has 0 aromatic heterocycles. The van der Waals surface area contributed by atoms with Crippen LogP contribution in [0.5, 0.6) is 0 Å². The van der Waals surface area contributed by atoms with E-state index in [1.54, 1.807) is 0 Å². The molecule has 0 amide bonds. The maximum atomic E-state index is 5.94. The van der Waals surface area contributed by atoms with Crippen molar-refractivity contribution in [1.82, 2.24) is 0 Å². The smallest absolute Gasteiger partial charge is 0.00669 e. The van der Waals surface area contributed by atoms with Gasteiger partial charge in [-0.1, -0.05) is 19.8 Å². The normalized spacial score (nSPS) is 26.7. The molecule has 0 bridgehead atoms. The molecule has 0 heterocycles. The summed E-state index contributed by atoms with van der Waals surface area (Å²) in [5.41, 5.74) is 6.46. The van der Waals surface area contributed by atoms with Crippen LogP contribution in [-0.4, -0.2) is 6.04 Å². The third-order valence-corrected chi connectivity index (χ3v) is 3.27. The first-order chi connectivity index (χ1) is 4.71. The molecule has 0 saturated heterocycles. The predicted octanol–water partition coefficient (Wildman–Crippen LogP) is 2.30. The molecule has 0 aromatic rings. The Bertz CT molecular complexity index is 101. The Balaban J connectivity index is 2.58. The number of hydrogen-bond acceptors (Lipinski definition) is 1. The summed E-state index contributed by atoms with van der Waals surface area (Å²) in [5.74, 6) is 0. The van der Waals surface area contributed by atoms with E-state index in [4.69, 9.17) is 5.73 Å². The lowest BCUT2D eigenvalue weighted by molar-refractivity contribution is 0.233. The van der Waals surface area contributed by atoms with E-state index in [1.165, 1.54) is 32.1 Å². The van der Waals surface area contributed by atoms with Crippen LogP contribution >= 0.6 is 0 Å². The molecule has 1 nitrogen and oxygen atoms in total. The molecule has 1 aliphatic rings. The van der Waals surface area contributed by atoms with Crippen molar-refractivity contribution in [3.05, 3.63) is 0 Å². The minimum atomic E-state index is 0.403. The standard InChI is InChI=1S/C9H19N/c1-3-9(8(2)10)6-4-5-7-9/h8H,3-7,10H2,1-2H3. The van der Waals surface area contributed by atoms with Gasteiger partial charge in [-0.05, 0) is 31.6 Å². The van der Waals surface area contributed by atoms with E-state index in [0.717, 1.165) is 0 Å². The molecule has 0 aliphatic heterocycles. The van der Waals surface area contributed by atoms with Crippen LogP contribution in [0.25, 0.3) is 0 Å². The van der Waals surface area contributed by atoms with Crippen LogP contribution in [0, 0.1) is 5.41 Å². The molecule has 1 rings (SSSR count). The Morgan fingerprint density at radius 1 is 1.40 bits per heavy atom. The van der Waals surface area contributed by atoms with Crippen LogP contribution in [0.4, 0.5) is 0 Å². The van der Waals surface area contributed by atoms with Gasteiger partial charge in [0.1, 0.15) is 0 Å². The van der Waals surface area contributed by atoms with E-state index in [2.05, 4.69) is 13.8 Å². The highest BCUT2D eigenvalue weighted by Crippen LogP contribution is 2.42. The lowest BCUT2D eigenvalue weighted by atomic mass is 9.77. The van der Waals surface area contributed by atoms with Gasteiger partial charge < -0.3 is 5.73 Å². The van der Waals surface area contributed by atoms with E-state index in [1.807, 2.05) is 0 Å². The molecular formula is C9H19N. The van der Waals surface area contributed by atoms with Gasteiger partial charge in [0.25, 0.3) is 0 Å². The van der Waals surface area contributed by atoms with Gasteiger partial charge in [-0.15, -0.1) is 0 Å². The van der Waals surface area contributed by atoms with Crippen LogP contribution in [0.2, 0.25) is 0 Å². The van der Waals surface area contributed by atoms with Crippen molar-refractivity contribution in [2.24, 2.45) is 11.1 Å². The van der Waals surface area contributed by atoms with Crippen molar-refractivity contribution in [3.63, 3.8) is 0 Å². The first kappa shape index (κ1) is 8.06. The van der Waals surface area contributed by atoms with Crippen LogP contribution in [0.1, 0.15) is 46.0 Å². The molecule has 1 heteroatoms. The number of rotatable bonds is 2. The van der Waals surface area contributed by atoms with Gasteiger partial charge in [0, 0.05) is 6.04 Å². The summed E-state index contributed by atoms with van der Waals surface area (Å²) < 4.78 is 0. The highest BCUT2D eigenvalue weighted by molar-refractivity contribution is 4.89. The molecule has 10 heavy (non-hydrogen) atoms. The van der Waals surface area contributed by atoms with Gasteiger partial charge >= 0.3 is 0 Å². The van der Waals surface area contributed by atoms with Crippen LogP contribution in [0.3, 0.4) is 0 Å². The van der Waals surface area contributed by atoms with Crippen molar-refractivity contribution in [1.29, 1.82) is 0 Å². The number of hydrogen-bond donors (Lipinski definition) is 1. The minimum absolute atomic E-state index is 0.403. The van der Waals surface area contributed by atoms with E-state index < -0.39 is 0 Å². The third-order valence-electron chi connectivity index (χ3n) is 3.27. The quantitative estimate of drug-likeness (QED) is 0.627. The summed E-state index contributed by atoms with van der Waals surface area (Å²) in [7, 11) is 0.